The summed E-state index contributed by atoms with van der Waals surface area (Å²) in [6, 6.07) is 0. The number of hydrogen-bond donors (Lipinski definition) is 0. The molecule has 0 fully saturated rings. The molecule has 0 saturated heterocycles. The lowest BCUT2D eigenvalue weighted by Crippen LogP contribution is -2.08. The molecule has 0 unspecified atom stereocenters. The number of nitrogens with zero attached hydrogens (tertiary/aromatic N) is 2. The summed E-state index contributed by atoms with van der Waals surface area (Å²) < 4.78 is 35.9. The Hall–Kier alpha value is -1.13. The third kappa shape index (κ3) is 3.40. The van der Waals surface area contributed by atoms with Crippen molar-refractivity contribution in [3.8, 4) is 0 Å². The maximum absolute atomic E-state index is 12.0. The molecule has 0 bridgehead atoms. The average Bonchev–Trinajstić information content (AvgIpc) is 2.07. The molecule has 0 saturated carbocycles. The number of rotatable bonds is 0. The highest BCUT2D eigenvalue weighted by molar-refractivity contribution is 5.21. The number of aromatic nitrogens is 2. The third-order valence-electron chi connectivity index (χ3n) is 1.24. The molecule has 1 heterocycles. The van der Waals surface area contributed by atoms with Crippen molar-refractivity contribution in [1.29, 1.82) is 0 Å². The van der Waals surface area contributed by atoms with E-state index in [0.29, 0.717) is 0 Å². The lowest BCUT2D eigenvalue weighted by molar-refractivity contribution is -0.138. The van der Waals surface area contributed by atoms with Gasteiger partial charge in [0.05, 0.1) is 18.0 Å². The predicted molar refractivity (Wildman–Crippen MR) is 43.1 cm³/mol. The molecule has 1 rings (SSSR count). The summed E-state index contributed by atoms with van der Waals surface area (Å²) in [5, 5.41) is 6.45. The molecule has 0 aromatic carbocycles. The smallest absolute Gasteiger partial charge is 0.166 e. The normalized spacial score (nSPS) is 10.3. The van der Waals surface area contributed by atoms with E-state index in [9.17, 15) is 13.2 Å². The molecule has 0 radical (unpaired) electrons. The minimum Gasteiger partial charge on any atom is -0.166 e. The first-order valence-corrected chi connectivity index (χ1v) is 3.86. The van der Waals surface area contributed by atoms with E-state index < -0.39 is 11.7 Å². The Morgan fingerprint density at radius 1 is 1.08 bits per heavy atom. The van der Waals surface area contributed by atoms with E-state index in [1.807, 2.05) is 13.8 Å². The average molecular weight is 192 g/mol. The number of hydrogen-bond acceptors (Lipinski definition) is 2. The molecule has 5 heteroatoms. The first-order valence-electron chi connectivity index (χ1n) is 3.86. The van der Waals surface area contributed by atoms with Crippen LogP contribution in [0, 0.1) is 6.92 Å². The summed E-state index contributed by atoms with van der Waals surface area (Å²) in [5.41, 5.74) is -0.639. The van der Waals surface area contributed by atoms with Crippen LogP contribution in [-0.4, -0.2) is 10.2 Å². The zero-order valence-electron chi connectivity index (χ0n) is 7.68. The highest BCUT2D eigenvalue weighted by Crippen LogP contribution is 2.30. The summed E-state index contributed by atoms with van der Waals surface area (Å²) in [5.74, 6) is 0. The van der Waals surface area contributed by atoms with Gasteiger partial charge in [-0.25, -0.2) is 0 Å². The monoisotopic (exact) mass is 192 g/mol. The van der Waals surface area contributed by atoms with Gasteiger partial charge in [-0.2, -0.15) is 23.4 Å². The van der Waals surface area contributed by atoms with Gasteiger partial charge in [-0.3, -0.25) is 0 Å². The zero-order chi connectivity index (χ0) is 10.5. The van der Waals surface area contributed by atoms with Crippen molar-refractivity contribution in [1.82, 2.24) is 10.2 Å². The van der Waals surface area contributed by atoms with Gasteiger partial charge >= 0.3 is 6.18 Å². The lowest BCUT2D eigenvalue weighted by atomic mass is 10.2. The summed E-state index contributed by atoms with van der Waals surface area (Å²) in [4.78, 5) is 0. The van der Waals surface area contributed by atoms with Crippen molar-refractivity contribution >= 4 is 0 Å². The van der Waals surface area contributed by atoms with Gasteiger partial charge in [0.15, 0.2) is 0 Å². The molecule has 0 aliphatic heterocycles. The van der Waals surface area contributed by atoms with Crippen LogP contribution in [0.5, 0.6) is 0 Å². The molecule has 2 nitrogen and oxygen atoms in total. The van der Waals surface area contributed by atoms with Crippen LogP contribution in [0.15, 0.2) is 12.4 Å². The maximum Gasteiger partial charge on any atom is 0.418 e. The first kappa shape index (κ1) is 11.9. The molecule has 0 spiro atoms. The second-order valence-corrected chi connectivity index (χ2v) is 2.08. The summed E-state index contributed by atoms with van der Waals surface area (Å²) >= 11 is 0. The number of halogens is 3. The summed E-state index contributed by atoms with van der Waals surface area (Å²) in [6.45, 7) is 5.34. The standard InChI is InChI=1S/C6H5F3N2.C2H6/c1-4-2-10-11-3-5(4)6(7,8)9;1-2/h2-3H,1H3;1-2H3. The fraction of sp³-hybridized carbons (Fsp3) is 0.500. The van der Waals surface area contributed by atoms with Crippen molar-refractivity contribution in [2.24, 2.45) is 0 Å². The predicted octanol–water partition coefficient (Wildman–Crippen LogP) is 2.83. The van der Waals surface area contributed by atoms with Crippen LogP contribution in [0.1, 0.15) is 25.0 Å². The maximum atomic E-state index is 12.0. The van der Waals surface area contributed by atoms with E-state index in [-0.39, 0.29) is 5.56 Å². The molecular formula is C8H11F3N2. The van der Waals surface area contributed by atoms with Crippen molar-refractivity contribution < 1.29 is 13.2 Å². The Bertz CT molecular complexity index is 258. The van der Waals surface area contributed by atoms with E-state index in [1.165, 1.54) is 6.92 Å². The second-order valence-electron chi connectivity index (χ2n) is 2.08. The molecule has 0 amide bonds. The fourth-order valence-electron chi connectivity index (χ4n) is 0.679. The molecule has 1 aromatic heterocycles. The quantitative estimate of drug-likeness (QED) is 0.631. The molecule has 0 aliphatic rings. The van der Waals surface area contributed by atoms with Crippen LogP contribution >= 0.6 is 0 Å². The summed E-state index contributed by atoms with van der Waals surface area (Å²) in [6.07, 6.45) is -2.52. The Balaban J connectivity index is 0.000000671. The fourth-order valence-corrected chi connectivity index (χ4v) is 0.679. The minimum absolute atomic E-state index is 0.0903. The summed E-state index contributed by atoms with van der Waals surface area (Å²) in [7, 11) is 0. The number of aryl methyl sites for hydroxylation is 1. The minimum atomic E-state index is -4.32. The molecule has 1 aromatic rings. The van der Waals surface area contributed by atoms with Gasteiger partial charge in [0.25, 0.3) is 0 Å². The van der Waals surface area contributed by atoms with Gasteiger partial charge in [0.1, 0.15) is 0 Å². The third-order valence-corrected chi connectivity index (χ3v) is 1.24. The van der Waals surface area contributed by atoms with E-state index >= 15 is 0 Å². The first-order chi connectivity index (χ1) is 6.02. The topological polar surface area (TPSA) is 25.8 Å². The molecule has 13 heavy (non-hydrogen) atoms. The Morgan fingerprint density at radius 3 is 1.85 bits per heavy atom. The highest BCUT2D eigenvalue weighted by Gasteiger charge is 2.32. The van der Waals surface area contributed by atoms with Crippen LogP contribution < -0.4 is 0 Å². The van der Waals surface area contributed by atoms with Gasteiger partial charge in [-0.15, -0.1) is 0 Å². The van der Waals surface area contributed by atoms with Crippen molar-refractivity contribution in [2.75, 3.05) is 0 Å². The lowest BCUT2D eigenvalue weighted by Gasteiger charge is -2.06. The van der Waals surface area contributed by atoms with Gasteiger partial charge < -0.3 is 0 Å². The van der Waals surface area contributed by atoms with Crippen LogP contribution in [0.2, 0.25) is 0 Å². The van der Waals surface area contributed by atoms with Crippen molar-refractivity contribution in [3.05, 3.63) is 23.5 Å². The van der Waals surface area contributed by atoms with Crippen LogP contribution in [0.3, 0.4) is 0 Å². The number of alkyl halides is 3. The Morgan fingerprint density at radius 2 is 1.54 bits per heavy atom. The Labute approximate surface area is 74.8 Å². The van der Waals surface area contributed by atoms with Gasteiger partial charge in [0.2, 0.25) is 0 Å². The van der Waals surface area contributed by atoms with Gasteiger partial charge in [-0.1, -0.05) is 13.8 Å². The van der Waals surface area contributed by atoms with Gasteiger partial charge in [0, 0.05) is 0 Å². The SMILES string of the molecule is CC.Cc1cnncc1C(F)(F)F. The van der Waals surface area contributed by atoms with E-state index in [4.69, 9.17) is 0 Å². The van der Waals surface area contributed by atoms with Crippen LogP contribution in [0.4, 0.5) is 13.2 Å². The Kier molecular flexibility index (Phi) is 4.37. The van der Waals surface area contributed by atoms with Crippen molar-refractivity contribution in [3.63, 3.8) is 0 Å². The zero-order valence-corrected chi connectivity index (χ0v) is 7.68. The van der Waals surface area contributed by atoms with E-state index in [0.717, 1.165) is 12.4 Å². The molecule has 0 atom stereocenters. The van der Waals surface area contributed by atoms with Crippen molar-refractivity contribution in [2.45, 2.75) is 26.9 Å². The molecular weight excluding hydrogens is 181 g/mol. The molecule has 74 valence electrons. The van der Waals surface area contributed by atoms with E-state index in [2.05, 4.69) is 10.2 Å². The second kappa shape index (κ2) is 4.79. The largest absolute Gasteiger partial charge is 0.418 e. The highest BCUT2D eigenvalue weighted by atomic mass is 19.4. The molecule has 0 N–H and O–H groups in total. The van der Waals surface area contributed by atoms with E-state index in [1.54, 1.807) is 0 Å². The molecule has 0 aliphatic carbocycles. The van der Waals surface area contributed by atoms with Gasteiger partial charge in [-0.05, 0) is 12.5 Å². The van der Waals surface area contributed by atoms with Crippen LogP contribution in [-0.2, 0) is 6.18 Å². The van der Waals surface area contributed by atoms with Crippen LogP contribution in [0.25, 0.3) is 0 Å².